The lowest BCUT2D eigenvalue weighted by molar-refractivity contribution is 0.418. The van der Waals surface area contributed by atoms with Crippen LogP contribution in [0.15, 0.2) is 161 Å². The minimum Gasteiger partial charge on any atom is -0.449 e. The second kappa shape index (κ2) is 44.1. The van der Waals surface area contributed by atoms with E-state index in [4.69, 9.17) is 13.3 Å². The zero-order chi connectivity index (χ0) is 64.4. The molecule has 0 saturated carbocycles. The first-order valence-corrected chi connectivity index (χ1v) is 29.3. The van der Waals surface area contributed by atoms with Crippen molar-refractivity contribution in [3.63, 3.8) is 0 Å². The number of hydrogen-bond acceptors (Lipinski definition) is 19. The average molecular weight is 1180 g/mol. The molecule has 0 atom stereocenters. The van der Waals surface area contributed by atoms with Crippen molar-refractivity contribution in [1.82, 2.24) is 85.0 Å². The molecule has 0 aliphatic carbocycles. The normalized spacial score (nSPS) is 10.3. The van der Waals surface area contributed by atoms with Gasteiger partial charge in [0, 0.05) is 91.7 Å². The fraction of sp³-hybridized carbons (Fsp3) is 0.492. The van der Waals surface area contributed by atoms with E-state index in [1.165, 1.54) is 23.2 Å². The maximum absolute atomic E-state index is 5.11. The summed E-state index contributed by atoms with van der Waals surface area (Å²) in [6.45, 7) is 43.9. The van der Waals surface area contributed by atoms with Gasteiger partial charge in [-0.05, 0) is 91.7 Å². The molecule has 21 heteroatoms. The van der Waals surface area contributed by atoms with Gasteiger partial charge < -0.3 is 22.3 Å². The Kier molecular flexibility index (Phi) is 38.7. The summed E-state index contributed by atoms with van der Waals surface area (Å²) in [6, 6.07) is 8.40. The van der Waals surface area contributed by atoms with Crippen LogP contribution in [0.1, 0.15) is 255 Å². The summed E-state index contributed by atoms with van der Waals surface area (Å²) >= 11 is 0. The summed E-state index contributed by atoms with van der Waals surface area (Å²) in [5, 5.41) is 30.1. The standard InChI is InChI=1S/C7H10N2.C7H12N2.3C7H10N2.C7H11NO.3C6H9NO.C5H9N3/c1-6(2)7-3-8-5-9-4-7;1-6(2)7-4-5-8-9(7)3;1-6(2)7-5-8-3-4-9-7;1-6(2)7-3-4-8-9-5-7;1-6(2)7-4-3-5-8-9-7;1-5(2)7-8-6(3)4-9-7;1-5(2)6-3-7-4-8-6;1-5(2)6-3-7-8-4-6;1-5(2)6-7-3-4-8-6;1-5(2)8-3-6-7-4-8/h3-6H,1-2H3;4-6H,1-3H3;3*3-6H,1-2H3;4-5H,1-3H3;4*3-5H,1-2H3. The molecule has 468 valence electrons. The van der Waals surface area contributed by atoms with Crippen molar-refractivity contribution in [3.05, 3.63) is 200 Å². The van der Waals surface area contributed by atoms with E-state index in [1.807, 2.05) is 79.9 Å². The van der Waals surface area contributed by atoms with Gasteiger partial charge in [0.1, 0.15) is 43.5 Å². The fourth-order valence-corrected chi connectivity index (χ4v) is 6.07. The highest BCUT2D eigenvalue weighted by Crippen LogP contribution is 2.15. The molecule has 0 fully saturated rings. The van der Waals surface area contributed by atoms with Gasteiger partial charge >= 0.3 is 0 Å². The van der Waals surface area contributed by atoms with Gasteiger partial charge in [-0.3, -0.25) is 14.6 Å². The highest BCUT2D eigenvalue weighted by Gasteiger charge is 2.05. The Morgan fingerprint density at radius 3 is 1.37 bits per heavy atom. The van der Waals surface area contributed by atoms with Crippen LogP contribution in [0, 0.1) is 6.92 Å². The molecule has 0 saturated heterocycles. The fourth-order valence-electron chi connectivity index (χ4n) is 6.07. The largest absolute Gasteiger partial charge is 0.449 e. The maximum atomic E-state index is 5.11. The smallest absolute Gasteiger partial charge is 0.196 e. The summed E-state index contributed by atoms with van der Waals surface area (Å²) in [5.41, 5.74) is 7.94. The molecule has 21 nitrogen and oxygen atoms in total. The molecule has 0 spiro atoms. The van der Waals surface area contributed by atoms with Crippen molar-refractivity contribution in [2.45, 2.75) is 205 Å². The van der Waals surface area contributed by atoms with Crippen molar-refractivity contribution in [2.24, 2.45) is 7.05 Å². The third-order valence-corrected chi connectivity index (χ3v) is 11.6. The van der Waals surface area contributed by atoms with Crippen LogP contribution in [0.4, 0.5) is 0 Å². The van der Waals surface area contributed by atoms with Crippen LogP contribution in [0.3, 0.4) is 0 Å². The average Bonchev–Trinajstić information content (AvgIpc) is 4.48. The summed E-state index contributed by atoms with van der Waals surface area (Å²) in [5.74, 6) is 7.02. The van der Waals surface area contributed by atoms with Crippen LogP contribution in [0.25, 0.3) is 0 Å². The van der Waals surface area contributed by atoms with Gasteiger partial charge in [-0.1, -0.05) is 130 Å². The first-order chi connectivity index (χ1) is 40.8. The van der Waals surface area contributed by atoms with E-state index < -0.39 is 0 Å². The predicted molar refractivity (Wildman–Crippen MR) is 339 cm³/mol. The van der Waals surface area contributed by atoms with Gasteiger partial charge in [-0.2, -0.15) is 25.5 Å². The van der Waals surface area contributed by atoms with E-state index in [0.717, 1.165) is 40.2 Å². The molecule has 0 unspecified atom stereocenters. The molecule has 10 aromatic rings. The van der Waals surface area contributed by atoms with Gasteiger partial charge in [0.2, 0.25) is 0 Å². The maximum Gasteiger partial charge on any atom is 0.196 e. The van der Waals surface area contributed by atoms with E-state index >= 15 is 0 Å². The van der Waals surface area contributed by atoms with E-state index in [0.29, 0.717) is 59.3 Å². The monoisotopic (exact) mass is 1180 g/mol. The summed E-state index contributed by atoms with van der Waals surface area (Å²) in [7, 11) is 1.97. The topological polar surface area (TPSA) is 256 Å². The number of aromatic nitrogens is 17. The molecule has 86 heavy (non-hydrogen) atoms. The molecule has 10 aromatic heterocycles. The van der Waals surface area contributed by atoms with Crippen LogP contribution in [-0.2, 0) is 7.05 Å². The van der Waals surface area contributed by atoms with Crippen LogP contribution in [0.5, 0.6) is 0 Å². The number of hydrogen-bond donors (Lipinski definition) is 0. The summed E-state index contributed by atoms with van der Waals surface area (Å²) < 4.78 is 23.6. The first-order valence-electron chi connectivity index (χ1n) is 29.3. The van der Waals surface area contributed by atoms with Gasteiger partial charge in [-0.25, -0.2) is 24.9 Å². The lowest BCUT2D eigenvalue weighted by Crippen LogP contribution is -1.98. The summed E-state index contributed by atoms with van der Waals surface area (Å²) in [4.78, 5) is 27.7. The highest BCUT2D eigenvalue weighted by molar-refractivity contribution is 5.10. The van der Waals surface area contributed by atoms with Crippen molar-refractivity contribution in [3.8, 4) is 0 Å². The van der Waals surface area contributed by atoms with E-state index in [-0.39, 0.29) is 0 Å². The molecule has 0 aromatic carbocycles. The molecule has 0 aliphatic rings. The Balaban J connectivity index is 0.000000478. The third kappa shape index (κ3) is 34.3. The third-order valence-electron chi connectivity index (χ3n) is 11.6. The van der Waals surface area contributed by atoms with Crippen molar-refractivity contribution in [1.29, 1.82) is 0 Å². The minimum atomic E-state index is 0.402. The Labute approximate surface area is 512 Å². The van der Waals surface area contributed by atoms with Crippen molar-refractivity contribution < 1.29 is 17.8 Å². The molecule has 0 radical (unpaired) electrons. The number of oxazole rings is 3. The molecule has 10 rings (SSSR count). The highest BCUT2D eigenvalue weighted by atomic mass is 16.5. The van der Waals surface area contributed by atoms with Gasteiger partial charge in [0.25, 0.3) is 0 Å². The first kappa shape index (κ1) is 75.5. The van der Waals surface area contributed by atoms with Gasteiger partial charge in [0.15, 0.2) is 18.2 Å². The zero-order valence-electron chi connectivity index (χ0n) is 55.3. The quantitative estimate of drug-likeness (QED) is 0.123. The molecule has 0 aliphatic heterocycles. The Morgan fingerprint density at radius 2 is 1.09 bits per heavy atom. The van der Waals surface area contributed by atoms with Crippen LogP contribution < -0.4 is 0 Å². The molecule has 0 N–H and O–H groups in total. The Bertz CT molecular complexity index is 2690. The minimum absolute atomic E-state index is 0.402. The number of nitrogens with zero attached hydrogens (tertiary/aromatic N) is 17. The zero-order valence-corrected chi connectivity index (χ0v) is 55.3. The second-order valence-electron chi connectivity index (χ2n) is 22.5. The van der Waals surface area contributed by atoms with E-state index in [9.17, 15) is 0 Å². The number of aryl methyl sites for hydroxylation is 2. The number of rotatable bonds is 10. The van der Waals surface area contributed by atoms with E-state index in [2.05, 4.69) is 205 Å². The van der Waals surface area contributed by atoms with E-state index in [1.54, 1.807) is 93.5 Å². The predicted octanol–water partition coefficient (Wildman–Crippen LogP) is 16.3. The van der Waals surface area contributed by atoms with Crippen molar-refractivity contribution >= 4 is 0 Å². The Morgan fingerprint density at radius 1 is 0.442 bits per heavy atom. The Hall–Kier alpha value is -8.49. The summed E-state index contributed by atoms with van der Waals surface area (Å²) in [6.07, 6.45) is 32.4. The molecule has 0 bridgehead atoms. The van der Waals surface area contributed by atoms with Gasteiger partial charge in [-0.15, -0.1) is 10.2 Å². The van der Waals surface area contributed by atoms with Crippen LogP contribution in [0.2, 0.25) is 0 Å². The van der Waals surface area contributed by atoms with Crippen molar-refractivity contribution in [2.75, 3.05) is 0 Å². The molecule has 10 heterocycles. The van der Waals surface area contributed by atoms with Crippen LogP contribution >= 0.6 is 0 Å². The van der Waals surface area contributed by atoms with Gasteiger partial charge in [0.05, 0.1) is 41.9 Å². The second-order valence-corrected chi connectivity index (χ2v) is 22.5. The van der Waals surface area contributed by atoms with Crippen LogP contribution in [-0.4, -0.2) is 85.0 Å². The lowest BCUT2D eigenvalue weighted by Gasteiger charge is -2.02. The SMILES string of the molecule is CC(C)c1cccnn1.CC(C)c1ccnn1C.CC(C)c1ccnnc1.CC(C)c1cnccn1.CC(C)c1cncnc1.CC(C)c1cnco1.CC(C)c1cnoc1.CC(C)c1ncco1.CC(C)n1cnnc1.Cc1coc(C(C)C)n1. The molecule has 0 amide bonds. The molecular formula is C65H99N17O4. The molecular weight excluding hydrogens is 1080 g/mol. The lowest BCUT2D eigenvalue weighted by atomic mass is 10.1.